The van der Waals surface area contributed by atoms with Crippen LogP contribution in [-0.4, -0.2) is 17.5 Å². The van der Waals surface area contributed by atoms with Gasteiger partial charge in [0.05, 0.1) is 6.61 Å². The topological polar surface area (TPSA) is 44.8 Å². The van der Waals surface area contributed by atoms with Crippen LogP contribution in [0.15, 0.2) is 30.3 Å². The molecule has 0 aliphatic carbocycles. The summed E-state index contributed by atoms with van der Waals surface area (Å²) in [7, 11) is -2.60. The lowest BCUT2D eigenvalue weighted by Crippen LogP contribution is -2.17. The zero-order valence-electron chi connectivity index (χ0n) is 16.2. The summed E-state index contributed by atoms with van der Waals surface area (Å²) in [4.78, 5) is 11.9. The summed E-state index contributed by atoms with van der Waals surface area (Å²) >= 11 is 0.969. The number of rotatable bonds is 8. The van der Waals surface area contributed by atoms with Gasteiger partial charge in [-0.1, -0.05) is 50.7 Å². The van der Waals surface area contributed by atoms with Gasteiger partial charge in [-0.25, -0.2) is 13.2 Å². The Balaban J connectivity index is 2.16. The Morgan fingerprint density at radius 3 is 1.97 bits per heavy atom. The first kappa shape index (κ1) is 24.4. The van der Waals surface area contributed by atoms with Crippen molar-refractivity contribution < 1.29 is 40.3 Å². The number of carbonyl (C=O) groups is 1. The van der Waals surface area contributed by atoms with Gasteiger partial charge in [0.2, 0.25) is 34.8 Å². The highest BCUT2D eigenvalue weighted by Gasteiger charge is 2.31. The fourth-order valence-corrected chi connectivity index (χ4v) is 3.74. The second kappa shape index (κ2) is 10.4. The molecule has 4 nitrogen and oxygen atoms in total. The Labute approximate surface area is 175 Å². The van der Waals surface area contributed by atoms with Gasteiger partial charge < -0.3 is 9.05 Å². The lowest BCUT2D eigenvalue weighted by Gasteiger charge is -2.19. The minimum Gasteiger partial charge on any atom is -0.418 e. The third-order valence-corrected chi connectivity index (χ3v) is 5.71. The Morgan fingerprint density at radius 1 is 0.900 bits per heavy atom. The van der Waals surface area contributed by atoms with Crippen LogP contribution in [0.2, 0.25) is 0 Å². The molecule has 0 fully saturated rings. The average molecular weight is 468 g/mol. The molecule has 0 spiro atoms. The van der Waals surface area contributed by atoms with Gasteiger partial charge in [-0.3, -0.25) is 9.32 Å². The summed E-state index contributed by atoms with van der Waals surface area (Å²) in [6.45, 7) is 5.07. The van der Waals surface area contributed by atoms with Crippen LogP contribution in [0, 0.1) is 34.5 Å². The molecule has 0 N–H and O–H groups in total. The van der Waals surface area contributed by atoms with Crippen molar-refractivity contribution in [1.82, 2.24) is 0 Å². The van der Waals surface area contributed by atoms with Crippen molar-refractivity contribution in [1.29, 1.82) is 0 Å². The molecule has 0 aliphatic rings. The lowest BCUT2D eigenvalue weighted by molar-refractivity contribution is -0.117. The van der Waals surface area contributed by atoms with Crippen LogP contribution in [0.5, 0.6) is 11.5 Å². The van der Waals surface area contributed by atoms with Crippen molar-refractivity contribution in [3.8, 4) is 11.5 Å². The Bertz CT molecular complexity index is 864. The molecule has 0 heterocycles. The van der Waals surface area contributed by atoms with E-state index in [0.29, 0.717) is 0 Å². The van der Waals surface area contributed by atoms with E-state index in [9.17, 15) is 26.7 Å². The fraction of sp³-hybridized carbons (Fsp3) is 0.316. The number of para-hydroxylation sites is 1. The molecular formula is C19H18F5O4PS. The molecule has 1 unspecified atom stereocenters. The average Bonchev–Trinajstić information content (AvgIpc) is 2.71. The van der Waals surface area contributed by atoms with E-state index < -0.39 is 48.9 Å². The predicted octanol–water partition coefficient (Wildman–Crippen LogP) is 6.39. The van der Waals surface area contributed by atoms with E-state index in [0.717, 1.165) is 11.8 Å². The Kier molecular flexibility index (Phi) is 8.46. The number of halogens is 5. The lowest BCUT2D eigenvalue weighted by atomic mass is 10.00. The van der Waals surface area contributed by atoms with E-state index in [-0.39, 0.29) is 23.2 Å². The van der Waals surface area contributed by atoms with Gasteiger partial charge in [0.15, 0.2) is 5.12 Å². The van der Waals surface area contributed by atoms with Crippen molar-refractivity contribution in [3.05, 3.63) is 59.4 Å². The van der Waals surface area contributed by atoms with Crippen molar-refractivity contribution in [2.45, 2.75) is 20.8 Å². The Morgan fingerprint density at radius 2 is 1.43 bits per heavy atom. The molecule has 1 atom stereocenters. The second-order valence-corrected chi connectivity index (χ2v) is 8.98. The molecule has 11 heteroatoms. The molecule has 2 rings (SSSR count). The van der Waals surface area contributed by atoms with Crippen LogP contribution in [0.1, 0.15) is 20.8 Å². The van der Waals surface area contributed by atoms with E-state index in [1.165, 1.54) is 12.1 Å². The number of benzene rings is 2. The first-order valence-corrected chi connectivity index (χ1v) is 10.6. The molecular weight excluding hydrogens is 450 g/mol. The highest BCUT2D eigenvalue weighted by molar-refractivity contribution is 8.13. The van der Waals surface area contributed by atoms with Crippen molar-refractivity contribution >= 4 is 25.5 Å². The van der Waals surface area contributed by atoms with Gasteiger partial charge in [-0.05, 0) is 12.1 Å². The summed E-state index contributed by atoms with van der Waals surface area (Å²) in [6, 6.07) is 7.84. The molecule has 0 saturated heterocycles. The summed E-state index contributed by atoms with van der Waals surface area (Å²) in [5, 5.41) is -0.111. The fourth-order valence-electron chi connectivity index (χ4n) is 1.84. The summed E-state index contributed by atoms with van der Waals surface area (Å²) < 4.78 is 83.5. The van der Waals surface area contributed by atoms with E-state index >= 15 is 0 Å². The Hall–Kier alpha value is -1.90. The van der Waals surface area contributed by atoms with Gasteiger partial charge in [0, 0.05) is 11.2 Å². The molecule has 0 aliphatic heterocycles. The maximum absolute atomic E-state index is 13.9. The van der Waals surface area contributed by atoms with Crippen LogP contribution in [0.25, 0.3) is 0 Å². The normalized spacial score (nSPS) is 12.5. The van der Waals surface area contributed by atoms with Crippen LogP contribution >= 0.6 is 20.4 Å². The summed E-state index contributed by atoms with van der Waals surface area (Å²) in [5.74, 6) is -12.0. The van der Waals surface area contributed by atoms with E-state index in [2.05, 4.69) is 0 Å². The minimum atomic E-state index is -2.60. The SMILES string of the molecule is CC(C)(C)C(=O)SCCOP(Oc1ccccc1)Oc1c(F)c(F)c(F)c(F)c1F. The maximum Gasteiger partial charge on any atom is 0.463 e. The highest BCUT2D eigenvalue weighted by Crippen LogP contribution is 2.44. The van der Waals surface area contributed by atoms with Crippen LogP contribution < -0.4 is 9.05 Å². The van der Waals surface area contributed by atoms with Crippen LogP contribution in [0.3, 0.4) is 0 Å². The summed E-state index contributed by atoms with van der Waals surface area (Å²) in [6.07, 6.45) is 0. The van der Waals surface area contributed by atoms with Gasteiger partial charge in [0.25, 0.3) is 0 Å². The molecule has 2 aromatic rings. The molecule has 0 aromatic heterocycles. The van der Waals surface area contributed by atoms with E-state index in [1.54, 1.807) is 39.0 Å². The molecule has 0 amide bonds. The molecule has 0 saturated carbocycles. The van der Waals surface area contributed by atoms with Crippen molar-refractivity contribution in [2.24, 2.45) is 5.41 Å². The standard InChI is InChI=1S/C19H18F5O4PS/c1-19(2,3)18(25)30-10-9-26-29(27-11-7-5-4-6-8-11)28-17-15(23)13(21)12(20)14(22)16(17)24/h4-8H,9-10H2,1-3H3. The zero-order valence-corrected chi connectivity index (χ0v) is 17.9. The number of thioether (sulfide) groups is 1. The van der Waals surface area contributed by atoms with Gasteiger partial charge >= 0.3 is 8.60 Å². The number of hydrogen-bond acceptors (Lipinski definition) is 5. The first-order valence-electron chi connectivity index (χ1n) is 8.55. The number of hydrogen-bond donors (Lipinski definition) is 0. The predicted molar refractivity (Wildman–Crippen MR) is 104 cm³/mol. The van der Waals surface area contributed by atoms with Gasteiger partial charge in [-0.15, -0.1) is 0 Å². The largest absolute Gasteiger partial charge is 0.463 e. The number of carbonyl (C=O) groups excluding carboxylic acids is 1. The van der Waals surface area contributed by atoms with Crippen LogP contribution in [-0.2, 0) is 9.32 Å². The third-order valence-electron chi connectivity index (χ3n) is 3.38. The molecule has 164 valence electrons. The zero-order chi connectivity index (χ0) is 22.5. The maximum atomic E-state index is 13.9. The summed E-state index contributed by atoms with van der Waals surface area (Å²) in [5.41, 5.74) is -0.581. The molecule has 2 aromatic carbocycles. The monoisotopic (exact) mass is 468 g/mol. The third kappa shape index (κ3) is 6.30. The van der Waals surface area contributed by atoms with Gasteiger partial charge in [-0.2, -0.15) is 8.78 Å². The molecule has 0 bridgehead atoms. The molecule has 0 radical (unpaired) electrons. The first-order chi connectivity index (χ1) is 14.0. The quantitative estimate of drug-likeness (QED) is 0.148. The van der Waals surface area contributed by atoms with Crippen LogP contribution in [0.4, 0.5) is 22.0 Å². The van der Waals surface area contributed by atoms with E-state index in [1.807, 2.05) is 0 Å². The minimum absolute atomic E-state index is 0.111. The van der Waals surface area contributed by atoms with Gasteiger partial charge in [0.1, 0.15) is 5.75 Å². The van der Waals surface area contributed by atoms with Crippen molar-refractivity contribution in [2.75, 3.05) is 12.4 Å². The smallest absolute Gasteiger partial charge is 0.418 e. The highest BCUT2D eigenvalue weighted by atomic mass is 32.2. The van der Waals surface area contributed by atoms with Crippen molar-refractivity contribution in [3.63, 3.8) is 0 Å². The molecule has 30 heavy (non-hydrogen) atoms. The second-order valence-electron chi connectivity index (χ2n) is 6.84. The van der Waals surface area contributed by atoms with E-state index in [4.69, 9.17) is 13.6 Å².